The van der Waals surface area contributed by atoms with Crippen LogP contribution in [-0.4, -0.2) is 47.5 Å². The predicted octanol–water partition coefficient (Wildman–Crippen LogP) is 2.63. The van der Waals surface area contributed by atoms with Crippen LogP contribution in [0.25, 0.3) is 0 Å². The van der Waals surface area contributed by atoms with E-state index in [0.29, 0.717) is 5.89 Å². The van der Waals surface area contributed by atoms with Crippen molar-refractivity contribution in [1.29, 1.82) is 0 Å². The molecule has 1 saturated heterocycles. The third-order valence-electron chi connectivity index (χ3n) is 3.69. The zero-order valence-corrected chi connectivity index (χ0v) is 14.0. The number of thioether (sulfide) groups is 1. The Hall–Kier alpha value is -1.08. The zero-order chi connectivity index (χ0) is 15.4. The number of benzene rings is 1. The Labute approximate surface area is 139 Å². The van der Waals surface area contributed by atoms with Gasteiger partial charge in [-0.3, -0.25) is 4.90 Å². The van der Waals surface area contributed by atoms with Crippen LogP contribution in [0.15, 0.2) is 33.7 Å². The quantitative estimate of drug-likeness (QED) is 0.846. The van der Waals surface area contributed by atoms with Crippen LogP contribution in [-0.2, 0) is 6.42 Å². The molecular weight excluding hydrogens is 320 g/mol. The van der Waals surface area contributed by atoms with E-state index < -0.39 is 0 Å². The molecule has 7 heteroatoms. The van der Waals surface area contributed by atoms with E-state index in [9.17, 15) is 0 Å². The van der Waals surface area contributed by atoms with Gasteiger partial charge in [0, 0.05) is 41.7 Å². The maximum atomic E-state index is 5.88. The molecule has 2 aromatic rings. The number of nitrogens with one attached hydrogen (secondary N) is 1. The SMILES string of the molecule is CN1CCNCC1c1noc(CCSc2ccc(Cl)cc2)n1. The van der Waals surface area contributed by atoms with Crippen LogP contribution < -0.4 is 5.32 Å². The van der Waals surface area contributed by atoms with Gasteiger partial charge in [-0.05, 0) is 31.3 Å². The van der Waals surface area contributed by atoms with Crippen molar-refractivity contribution in [3.05, 3.63) is 41.0 Å². The molecule has 1 aromatic carbocycles. The van der Waals surface area contributed by atoms with Gasteiger partial charge in [0.1, 0.15) is 0 Å². The molecule has 0 aliphatic carbocycles. The molecule has 0 radical (unpaired) electrons. The van der Waals surface area contributed by atoms with E-state index in [-0.39, 0.29) is 6.04 Å². The second-order valence-electron chi connectivity index (χ2n) is 5.30. The predicted molar refractivity (Wildman–Crippen MR) is 88.4 cm³/mol. The molecule has 0 spiro atoms. The number of halogens is 1. The van der Waals surface area contributed by atoms with Crippen molar-refractivity contribution in [1.82, 2.24) is 20.4 Å². The molecule has 0 saturated carbocycles. The minimum atomic E-state index is 0.204. The van der Waals surface area contributed by atoms with Gasteiger partial charge in [-0.25, -0.2) is 0 Å². The number of piperazine rings is 1. The largest absolute Gasteiger partial charge is 0.339 e. The monoisotopic (exact) mass is 338 g/mol. The maximum absolute atomic E-state index is 5.88. The Morgan fingerprint density at radius 3 is 3.00 bits per heavy atom. The van der Waals surface area contributed by atoms with E-state index in [2.05, 4.69) is 27.4 Å². The van der Waals surface area contributed by atoms with Crippen LogP contribution in [0.5, 0.6) is 0 Å². The van der Waals surface area contributed by atoms with Crippen LogP contribution in [0.2, 0.25) is 5.02 Å². The number of hydrogen-bond donors (Lipinski definition) is 1. The third-order valence-corrected chi connectivity index (χ3v) is 4.96. The van der Waals surface area contributed by atoms with Crippen molar-refractivity contribution in [3.63, 3.8) is 0 Å². The van der Waals surface area contributed by atoms with Gasteiger partial charge in [0.2, 0.25) is 5.89 Å². The van der Waals surface area contributed by atoms with E-state index in [1.807, 2.05) is 24.3 Å². The summed E-state index contributed by atoms with van der Waals surface area (Å²) in [6.07, 6.45) is 0.768. The number of hydrogen-bond acceptors (Lipinski definition) is 6. The molecule has 1 unspecified atom stereocenters. The fourth-order valence-corrected chi connectivity index (χ4v) is 3.35. The number of aryl methyl sites for hydroxylation is 1. The molecule has 1 aromatic heterocycles. The molecule has 3 rings (SSSR count). The molecule has 1 aliphatic rings. The highest BCUT2D eigenvalue weighted by molar-refractivity contribution is 7.99. The molecule has 0 bridgehead atoms. The molecule has 118 valence electrons. The first-order valence-corrected chi connectivity index (χ1v) is 8.70. The first-order valence-electron chi connectivity index (χ1n) is 7.34. The van der Waals surface area contributed by atoms with Gasteiger partial charge in [0.25, 0.3) is 0 Å². The molecule has 22 heavy (non-hydrogen) atoms. The molecule has 1 atom stereocenters. The Kier molecular flexibility index (Phi) is 5.36. The van der Waals surface area contributed by atoms with Crippen molar-refractivity contribution < 1.29 is 4.52 Å². The van der Waals surface area contributed by atoms with Crippen molar-refractivity contribution in [2.45, 2.75) is 17.4 Å². The lowest BCUT2D eigenvalue weighted by Gasteiger charge is -2.30. The lowest BCUT2D eigenvalue weighted by Crippen LogP contribution is -2.44. The summed E-state index contributed by atoms with van der Waals surface area (Å²) < 4.78 is 5.37. The normalized spacial score (nSPS) is 19.5. The molecule has 1 aliphatic heterocycles. The van der Waals surface area contributed by atoms with Crippen LogP contribution in [0.3, 0.4) is 0 Å². The topological polar surface area (TPSA) is 54.2 Å². The first-order chi connectivity index (χ1) is 10.7. The van der Waals surface area contributed by atoms with Crippen LogP contribution in [0.4, 0.5) is 0 Å². The van der Waals surface area contributed by atoms with Gasteiger partial charge in [-0.15, -0.1) is 11.8 Å². The first kappa shape index (κ1) is 15.8. The van der Waals surface area contributed by atoms with E-state index >= 15 is 0 Å². The molecular formula is C15H19ClN4OS. The van der Waals surface area contributed by atoms with Crippen molar-refractivity contribution in [2.75, 3.05) is 32.4 Å². The zero-order valence-electron chi connectivity index (χ0n) is 12.5. The minimum absolute atomic E-state index is 0.204. The van der Waals surface area contributed by atoms with E-state index in [4.69, 9.17) is 16.1 Å². The number of rotatable bonds is 5. The Morgan fingerprint density at radius 1 is 1.41 bits per heavy atom. The standard InChI is InChI=1S/C15H19ClN4OS/c1-20-8-7-17-10-13(20)15-18-14(21-19-15)6-9-22-12-4-2-11(16)3-5-12/h2-5,13,17H,6-10H2,1H3. The van der Waals surface area contributed by atoms with Gasteiger partial charge >= 0.3 is 0 Å². The van der Waals surface area contributed by atoms with Crippen LogP contribution >= 0.6 is 23.4 Å². The fraction of sp³-hybridized carbons (Fsp3) is 0.467. The summed E-state index contributed by atoms with van der Waals surface area (Å²) >= 11 is 7.64. The summed E-state index contributed by atoms with van der Waals surface area (Å²) in [5.74, 6) is 2.39. The summed E-state index contributed by atoms with van der Waals surface area (Å²) in [6.45, 7) is 2.88. The van der Waals surface area contributed by atoms with Crippen molar-refractivity contribution >= 4 is 23.4 Å². The summed E-state index contributed by atoms with van der Waals surface area (Å²) in [6, 6.07) is 8.06. The van der Waals surface area contributed by atoms with E-state index in [1.54, 1.807) is 11.8 Å². The molecule has 5 nitrogen and oxygen atoms in total. The molecule has 1 N–H and O–H groups in total. The lowest BCUT2D eigenvalue weighted by molar-refractivity contribution is 0.190. The summed E-state index contributed by atoms with van der Waals surface area (Å²) in [7, 11) is 2.10. The fourth-order valence-electron chi connectivity index (χ4n) is 2.39. The van der Waals surface area contributed by atoms with Crippen molar-refractivity contribution in [3.8, 4) is 0 Å². The van der Waals surface area contributed by atoms with Gasteiger partial charge in [-0.1, -0.05) is 16.8 Å². The molecule has 0 amide bonds. The van der Waals surface area contributed by atoms with Crippen LogP contribution in [0, 0.1) is 0 Å². The highest BCUT2D eigenvalue weighted by Gasteiger charge is 2.25. The molecule has 2 heterocycles. The van der Waals surface area contributed by atoms with Gasteiger partial charge in [-0.2, -0.15) is 4.98 Å². The van der Waals surface area contributed by atoms with Gasteiger partial charge < -0.3 is 9.84 Å². The average molecular weight is 339 g/mol. The average Bonchev–Trinajstić information content (AvgIpc) is 2.98. The Morgan fingerprint density at radius 2 is 2.23 bits per heavy atom. The van der Waals surface area contributed by atoms with E-state index in [0.717, 1.165) is 42.7 Å². The summed E-state index contributed by atoms with van der Waals surface area (Å²) in [5, 5.41) is 8.26. The number of nitrogens with zero attached hydrogens (tertiary/aromatic N) is 3. The highest BCUT2D eigenvalue weighted by atomic mass is 35.5. The lowest BCUT2D eigenvalue weighted by atomic mass is 10.2. The number of aromatic nitrogens is 2. The second kappa shape index (κ2) is 7.46. The second-order valence-corrected chi connectivity index (χ2v) is 6.90. The summed E-state index contributed by atoms with van der Waals surface area (Å²) in [5.41, 5.74) is 0. The summed E-state index contributed by atoms with van der Waals surface area (Å²) in [4.78, 5) is 7.99. The number of likely N-dealkylation sites (N-methyl/N-ethyl adjacent to an activating group) is 1. The van der Waals surface area contributed by atoms with Crippen molar-refractivity contribution in [2.24, 2.45) is 0 Å². The smallest absolute Gasteiger partial charge is 0.227 e. The Balaban J connectivity index is 1.52. The van der Waals surface area contributed by atoms with Crippen LogP contribution in [0.1, 0.15) is 17.8 Å². The minimum Gasteiger partial charge on any atom is -0.339 e. The Bertz CT molecular complexity index is 604. The highest BCUT2D eigenvalue weighted by Crippen LogP contribution is 2.22. The van der Waals surface area contributed by atoms with Gasteiger partial charge in [0.15, 0.2) is 5.82 Å². The van der Waals surface area contributed by atoms with Gasteiger partial charge in [0.05, 0.1) is 6.04 Å². The third kappa shape index (κ3) is 4.01. The van der Waals surface area contributed by atoms with E-state index in [1.165, 1.54) is 4.90 Å². The molecule has 1 fully saturated rings. The maximum Gasteiger partial charge on any atom is 0.227 e.